The first kappa shape index (κ1) is 16.3. The predicted molar refractivity (Wildman–Crippen MR) is 83.2 cm³/mol. The first-order valence-electron chi connectivity index (χ1n) is 7.04. The summed E-state index contributed by atoms with van der Waals surface area (Å²) < 4.78 is 10.9. The van der Waals surface area contributed by atoms with E-state index in [1.807, 2.05) is 18.2 Å². The highest BCUT2D eigenvalue weighted by Crippen LogP contribution is 2.33. The molecule has 2 N–H and O–H groups in total. The van der Waals surface area contributed by atoms with Gasteiger partial charge in [0.1, 0.15) is 5.60 Å². The van der Waals surface area contributed by atoms with Crippen LogP contribution in [0.1, 0.15) is 25.3 Å². The van der Waals surface area contributed by atoms with Gasteiger partial charge in [-0.15, -0.1) is 0 Å². The fraction of sp³-hybridized carbons (Fsp3) is 0.533. The number of anilines is 1. The lowest BCUT2D eigenvalue weighted by Gasteiger charge is -2.37. The maximum absolute atomic E-state index is 11.2. The van der Waals surface area contributed by atoms with Gasteiger partial charge in [-0.3, -0.25) is 4.79 Å². The summed E-state index contributed by atoms with van der Waals surface area (Å²) in [5, 5.41) is 13.6. The highest BCUT2D eigenvalue weighted by Gasteiger charge is 2.38. The quantitative estimate of drug-likeness (QED) is 0.579. The van der Waals surface area contributed by atoms with Gasteiger partial charge in [0.25, 0.3) is 0 Å². The Kier molecular flexibility index (Phi) is 5.61. The van der Waals surface area contributed by atoms with Gasteiger partial charge < -0.3 is 19.9 Å². The second kappa shape index (κ2) is 7.24. The third-order valence-corrected chi connectivity index (χ3v) is 3.77. The smallest absolute Gasteiger partial charge is 0.305 e. The molecule has 5 nitrogen and oxygen atoms in total. The molecule has 2 rings (SSSR count). The fourth-order valence-electron chi connectivity index (χ4n) is 2.12. The SMILES string of the molecule is CCOC(=O)CCCNc1cc(Br)cc(C2(O)COC2)c1. The average Bonchev–Trinajstić information content (AvgIpc) is 2.41. The van der Waals surface area contributed by atoms with Crippen molar-refractivity contribution in [2.24, 2.45) is 0 Å². The maximum Gasteiger partial charge on any atom is 0.305 e. The number of carbonyl (C=O) groups excluding carboxylic acids is 1. The normalized spacial score (nSPS) is 16.1. The second-order valence-corrected chi connectivity index (χ2v) is 6.00. The van der Waals surface area contributed by atoms with Crippen molar-refractivity contribution >= 4 is 27.6 Å². The summed E-state index contributed by atoms with van der Waals surface area (Å²) >= 11 is 3.45. The van der Waals surface area contributed by atoms with Gasteiger partial charge in [0, 0.05) is 23.1 Å². The molecular formula is C15H20BrNO4. The van der Waals surface area contributed by atoms with Crippen LogP contribution in [0.15, 0.2) is 22.7 Å². The number of aliphatic hydroxyl groups is 1. The van der Waals surface area contributed by atoms with E-state index in [9.17, 15) is 9.90 Å². The van der Waals surface area contributed by atoms with Gasteiger partial charge in [-0.2, -0.15) is 0 Å². The molecule has 1 heterocycles. The number of benzene rings is 1. The second-order valence-electron chi connectivity index (χ2n) is 5.09. The maximum atomic E-state index is 11.2. The lowest BCUT2D eigenvalue weighted by atomic mass is 9.92. The van der Waals surface area contributed by atoms with Crippen LogP contribution in [0.4, 0.5) is 5.69 Å². The molecule has 0 aromatic heterocycles. The number of ether oxygens (including phenoxy) is 2. The molecule has 21 heavy (non-hydrogen) atoms. The van der Waals surface area contributed by atoms with Gasteiger partial charge >= 0.3 is 5.97 Å². The number of esters is 1. The molecule has 1 saturated heterocycles. The van der Waals surface area contributed by atoms with Crippen molar-refractivity contribution in [3.8, 4) is 0 Å². The van der Waals surface area contributed by atoms with Crippen LogP contribution in [-0.4, -0.2) is 37.4 Å². The van der Waals surface area contributed by atoms with Crippen LogP contribution < -0.4 is 5.32 Å². The Labute approximate surface area is 132 Å². The van der Waals surface area contributed by atoms with E-state index in [1.54, 1.807) is 6.92 Å². The Morgan fingerprint density at radius 3 is 2.86 bits per heavy atom. The summed E-state index contributed by atoms with van der Waals surface area (Å²) in [6.07, 6.45) is 1.10. The molecule has 0 amide bonds. The van der Waals surface area contributed by atoms with E-state index >= 15 is 0 Å². The van der Waals surface area contributed by atoms with Crippen molar-refractivity contribution in [1.82, 2.24) is 0 Å². The zero-order chi connectivity index (χ0) is 15.3. The number of hydrogen-bond donors (Lipinski definition) is 2. The molecule has 1 fully saturated rings. The summed E-state index contributed by atoms with van der Waals surface area (Å²) in [5.74, 6) is -0.171. The van der Waals surface area contributed by atoms with Crippen LogP contribution in [0.5, 0.6) is 0 Å². The first-order valence-corrected chi connectivity index (χ1v) is 7.83. The molecule has 0 saturated carbocycles. The molecular weight excluding hydrogens is 338 g/mol. The summed E-state index contributed by atoms with van der Waals surface area (Å²) in [7, 11) is 0. The largest absolute Gasteiger partial charge is 0.466 e. The van der Waals surface area contributed by atoms with Crippen molar-refractivity contribution in [2.75, 3.05) is 31.7 Å². The molecule has 1 aromatic carbocycles. The molecule has 0 spiro atoms. The minimum atomic E-state index is -0.884. The van der Waals surface area contributed by atoms with E-state index in [2.05, 4.69) is 21.2 Å². The highest BCUT2D eigenvalue weighted by atomic mass is 79.9. The Morgan fingerprint density at radius 1 is 1.48 bits per heavy atom. The van der Waals surface area contributed by atoms with Gasteiger partial charge in [0.05, 0.1) is 19.8 Å². The third-order valence-electron chi connectivity index (χ3n) is 3.31. The molecule has 1 aliphatic heterocycles. The Hall–Kier alpha value is -1.11. The Morgan fingerprint density at radius 2 is 2.24 bits per heavy atom. The summed E-state index contributed by atoms with van der Waals surface area (Å²) in [5.41, 5.74) is 0.852. The molecule has 0 radical (unpaired) electrons. The summed E-state index contributed by atoms with van der Waals surface area (Å²) in [6.45, 7) is 3.54. The number of nitrogens with one attached hydrogen (secondary N) is 1. The number of hydrogen-bond acceptors (Lipinski definition) is 5. The van der Waals surface area contributed by atoms with E-state index in [1.165, 1.54) is 0 Å². The van der Waals surface area contributed by atoms with Gasteiger partial charge in [-0.1, -0.05) is 15.9 Å². The topological polar surface area (TPSA) is 67.8 Å². The number of rotatable bonds is 7. The van der Waals surface area contributed by atoms with Crippen molar-refractivity contribution in [3.05, 3.63) is 28.2 Å². The van der Waals surface area contributed by atoms with Crippen LogP contribution in [0.2, 0.25) is 0 Å². The summed E-state index contributed by atoms with van der Waals surface area (Å²) in [6, 6.07) is 5.75. The van der Waals surface area contributed by atoms with Crippen molar-refractivity contribution in [2.45, 2.75) is 25.4 Å². The average molecular weight is 358 g/mol. The summed E-state index contributed by atoms with van der Waals surface area (Å²) in [4.78, 5) is 11.2. The molecule has 116 valence electrons. The van der Waals surface area contributed by atoms with Crippen LogP contribution >= 0.6 is 15.9 Å². The van der Waals surface area contributed by atoms with Gasteiger partial charge in [0.2, 0.25) is 0 Å². The zero-order valence-corrected chi connectivity index (χ0v) is 13.6. The molecule has 1 aromatic rings. The first-order chi connectivity index (χ1) is 10.0. The third kappa shape index (κ3) is 4.43. The van der Waals surface area contributed by atoms with E-state index in [-0.39, 0.29) is 5.97 Å². The van der Waals surface area contributed by atoms with E-state index in [4.69, 9.17) is 9.47 Å². The van der Waals surface area contributed by atoms with Crippen LogP contribution in [0, 0.1) is 0 Å². The van der Waals surface area contributed by atoms with E-state index < -0.39 is 5.60 Å². The molecule has 0 aliphatic carbocycles. The van der Waals surface area contributed by atoms with Gasteiger partial charge in [-0.05, 0) is 37.1 Å². The molecule has 1 aliphatic rings. The van der Waals surface area contributed by atoms with Crippen LogP contribution in [0.3, 0.4) is 0 Å². The fourth-order valence-corrected chi connectivity index (χ4v) is 2.61. The Bertz CT molecular complexity index is 502. The lowest BCUT2D eigenvalue weighted by molar-refractivity contribution is -0.184. The van der Waals surface area contributed by atoms with Crippen molar-refractivity contribution < 1.29 is 19.4 Å². The van der Waals surface area contributed by atoms with Crippen LogP contribution in [0.25, 0.3) is 0 Å². The van der Waals surface area contributed by atoms with Crippen molar-refractivity contribution in [1.29, 1.82) is 0 Å². The predicted octanol–water partition coefficient (Wildman–Crippen LogP) is 2.42. The van der Waals surface area contributed by atoms with Crippen molar-refractivity contribution in [3.63, 3.8) is 0 Å². The number of carbonyl (C=O) groups is 1. The number of halogens is 1. The lowest BCUT2D eigenvalue weighted by Crippen LogP contribution is -2.46. The Balaban J connectivity index is 1.87. The van der Waals surface area contributed by atoms with E-state index in [0.29, 0.717) is 39.2 Å². The minimum absolute atomic E-state index is 0.171. The highest BCUT2D eigenvalue weighted by molar-refractivity contribution is 9.10. The van der Waals surface area contributed by atoms with Gasteiger partial charge in [0.15, 0.2) is 0 Å². The molecule has 0 atom stereocenters. The molecule has 0 bridgehead atoms. The minimum Gasteiger partial charge on any atom is -0.466 e. The standard InChI is InChI=1S/C15H20BrNO4/c1-2-21-14(18)4-3-5-17-13-7-11(6-12(16)8-13)15(19)9-20-10-15/h6-8,17,19H,2-5,9-10H2,1H3. The van der Waals surface area contributed by atoms with E-state index in [0.717, 1.165) is 15.7 Å². The molecule has 0 unspecified atom stereocenters. The molecule has 6 heteroatoms. The van der Waals surface area contributed by atoms with Crippen LogP contribution in [-0.2, 0) is 19.9 Å². The zero-order valence-electron chi connectivity index (χ0n) is 12.0. The van der Waals surface area contributed by atoms with Gasteiger partial charge in [-0.25, -0.2) is 0 Å². The monoisotopic (exact) mass is 357 g/mol.